The molecule has 21 heavy (non-hydrogen) atoms. The van der Waals surface area contributed by atoms with Crippen LogP contribution in [0.4, 0.5) is 4.39 Å². The molecular weight excluding hydrogens is 295 g/mol. The highest BCUT2D eigenvalue weighted by Gasteiger charge is 2.16. The Morgan fingerprint density at radius 2 is 2.05 bits per heavy atom. The minimum atomic E-state index is -0.312. The molecule has 5 nitrogen and oxygen atoms in total. The lowest BCUT2D eigenvalue weighted by Gasteiger charge is -2.11. The van der Waals surface area contributed by atoms with Crippen molar-refractivity contribution < 1.29 is 9.18 Å². The lowest BCUT2D eigenvalue weighted by atomic mass is 10.2. The Labute approximate surface area is 128 Å². The van der Waals surface area contributed by atoms with Crippen molar-refractivity contribution in [3.8, 4) is 5.69 Å². The first-order valence-corrected chi connectivity index (χ1v) is 6.34. The molecule has 114 valence electrons. The number of nitrogens with one attached hydrogen (secondary N) is 1. The molecule has 0 bridgehead atoms. The van der Waals surface area contributed by atoms with Gasteiger partial charge >= 0.3 is 0 Å². The number of halogens is 2. The van der Waals surface area contributed by atoms with E-state index in [0.29, 0.717) is 23.5 Å². The summed E-state index contributed by atoms with van der Waals surface area (Å²) >= 11 is 0. The molecule has 0 unspecified atom stereocenters. The van der Waals surface area contributed by atoms with Crippen LogP contribution in [0.25, 0.3) is 5.69 Å². The fraction of sp³-hybridized carbons (Fsp3) is 0.286. The van der Waals surface area contributed by atoms with Crippen LogP contribution < -0.4 is 11.1 Å². The highest BCUT2D eigenvalue weighted by Crippen LogP contribution is 2.14. The van der Waals surface area contributed by atoms with E-state index >= 15 is 0 Å². The molecule has 1 aromatic carbocycles. The standard InChI is InChI=1S/C14H17FN4O.ClH/c1-9(7-16)18-14(20)13-8-17-19(10(13)2)12-5-3-11(15)4-6-12;/h3-6,8-9H,7,16H2,1-2H3,(H,18,20);1H/t9-;/m0./s1. The van der Waals surface area contributed by atoms with Gasteiger partial charge in [0.1, 0.15) is 5.82 Å². The van der Waals surface area contributed by atoms with Crippen molar-refractivity contribution in [2.75, 3.05) is 6.54 Å². The maximum absolute atomic E-state index is 12.9. The van der Waals surface area contributed by atoms with Crippen molar-refractivity contribution in [2.24, 2.45) is 5.73 Å². The predicted octanol–water partition coefficient (Wildman–Crippen LogP) is 1.82. The SMILES string of the molecule is Cc1c(C(=O)N[C@@H](C)CN)cnn1-c1ccc(F)cc1.Cl. The van der Waals surface area contributed by atoms with Gasteiger partial charge in [-0.15, -0.1) is 12.4 Å². The number of carbonyl (C=O) groups excluding carboxylic acids is 1. The zero-order valence-corrected chi connectivity index (χ0v) is 12.7. The molecule has 0 spiro atoms. The van der Waals surface area contributed by atoms with Crippen molar-refractivity contribution in [3.05, 3.63) is 47.5 Å². The molecule has 1 heterocycles. The topological polar surface area (TPSA) is 72.9 Å². The summed E-state index contributed by atoms with van der Waals surface area (Å²) in [5.41, 5.74) is 7.35. The Kier molecular flexibility index (Phi) is 5.87. The van der Waals surface area contributed by atoms with E-state index < -0.39 is 0 Å². The molecule has 0 saturated heterocycles. The number of rotatable bonds is 4. The van der Waals surface area contributed by atoms with Crippen LogP contribution in [0.1, 0.15) is 23.0 Å². The molecule has 0 radical (unpaired) electrons. The Balaban J connectivity index is 0.00000220. The van der Waals surface area contributed by atoms with Crippen molar-refractivity contribution in [1.82, 2.24) is 15.1 Å². The number of amides is 1. The van der Waals surface area contributed by atoms with Crippen LogP contribution in [0.2, 0.25) is 0 Å². The van der Waals surface area contributed by atoms with E-state index in [9.17, 15) is 9.18 Å². The molecule has 2 aromatic rings. The molecule has 0 aliphatic carbocycles. The molecule has 0 saturated carbocycles. The van der Waals surface area contributed by atoms with Crippen LogP contribution in [0.15, 0.2) is 30.5 Å². The summed E-state index contributed by atoms with van der Waals surface area (Å²) in [6, 6.07) is 5.83. The van der Waals surface area contributed by atoms with Gasteiger partial charge in [0.05, 0.1) is 23.1 Å². The summed E-state index contributed by atoms with van der Waals surface area (Å²) in [7, 11) is 0. The monoisotopic (exact) mass is 312 g/mol. The van der Waals surface area contributed by atoms with E-state index in [1.807, 2.05) is 6.92 Å². The fourth-order valence-corrected chi connectivity index (χ4v) is 1.84. The van der Waals surface area contributed by atoms with Gasteiger partial charge in [0.15, 0.2) is 0 Å². The van der Waals surface area contributed by atoms with E-state index in [4.69, 9.17) is 5.73 Å². The molecular formula is C14H18ClFN4O. The summed E-state index contributed by atoms with van der Waals surface area (Å²) in [4.78, 5) is 12.1. The molecule has 3 N–H and O–H groups in total. The first-order valence-electron chi connectivity index (χ1n) is 6.34. The van der Waals surface area contributed by atoms with E-state index in [1.54, 1.807) is 23.7 Å². The molecule has 1 atom stereocenters. The average Bonchev–Trinajstić information content (AvgIpc) is 2.81. The molecule has 0 aliphatic rings. The maximum atomic E-state index is 12.9. The minimum Gasteiger partial charge on any atom is -0.348 e. The van der Waals surface area contributed by atoms with Crippen LogP contribution in [0, 0.1) is 12.7 Å². The van der Waals surface area contributed by atoms with Crippen molar-refractivity contribution in [2.45, 2.75) is 19.9 Å². The summed E-state index contributed by atoms with van der Waals surface area (Å²) < 4.78 is 14.5. The predicted molar refractivity (Wildman–Crippen MR) is 81.5 cm³/mol. The first-order chi connectivity index (χ1) is 9.52. The van der Waals surface area contributed by atoms with Gasteiger partial charge in [-0.05, 0) is 38.1 Å². The largest absolute Gasteiger partial charge is 0.348 e. The van der Waals surface area contributed by atoms with E-state index in [1.165, 1.54) is 18.3 Å². The third-order valence-electron chi connectivity index (χ3n) is 3.06. The van der Waals surface area contributed by atoms with Crippen molar-refractivity contribution in [1.29, 1.82) is 0 Å². The summed E-state index contributed by atoms with van der Waals surface area (Å²) in [6.07, 6.45) is 1.50. The van der Waals surface area contributed by atoms with E-state index in [-0.39, 0.29) is 30.2 Å². The lowest BCUT2D eigenvalue weighted by Crippen LogP contribution is -2.37. The first kappa shape index (κ1) is 17.1. The number of carbonyl (C=O) groups is 1. The number of hydrogen-bond donors (Lipinski definition) is 2. The number of nitrogens with two attached hydrogens (primary N) is 1. The number of benzene rings is 1. The Morgan fingerprint density at radius 1 is 1.43 bits per heavy atom. The van der Waals surface area contributed by atoms with Crippen LogP contribution >= 0.6 is 12.4 Å². The van der Waals surface area contributed by atoms with Gasteiger partial charge in [-0.2, -0.15) is 5.10 Å². The van der Waals surface area contributed by atoms with Crippen molar-refractivity contribution in [3.63, 3.8) is 0 Å². The second-order valence-corrected chi connectivity index (χ2v) is 4.64. The molecule has 1 amide bonds. The quantitative estimate of drug-likeness (QED) is 0.904. The summed E-state index contributed by atoms with van der Waals surface area (Å²) in [5, 5.41) is 6.96. The van der Waals surface area contributed by atoms with Gasteiger partial charge in [0, 0.05) is 12.6 Å². The molecule has 2 rings (SSSR count). The van der Waals surface area contributed by atoms with Gasteiger partial charge in [-0.3, -0.25) is 4.79 Å². The molecule has 0 aliphatic heterocycles. The van der Waals surface area contributed by atoms with Gasteiger partial charge in [0.25, 0.3) is 5.91 Å². The van der Waals surface area contributed by atoms with Crippen LogP contribution in [-0.4, -0.2) is 28.3 Å². The van der Waals surface area contributed by atoms with Crippen LogP contribution in [0.5, 0.6) is 0 Å². The Hall–Kier alpha value is -1.92. The molecule has 1 aromatic heterocycles. The summed E-state index contributed by atoms with van der Waals surface area (Å²) in [6.45, 7) is 3.99. The number of hydrogen-bond acceptors (Lipinski definition) is 3. The van der Waals surface area contributed by atoms with Gasteiger partial charge in [0.2, 0.25) is 0 Å². The Bertz CT molecular complexity index is 612. The maximum Gasteiger partial charge on any atom is 0.255 e. The lowest BCUT2D eigenvalue weighted by molar-refractivity contribution is 0.0940. The van der Waals surface area contributed by atoms with Gasteiger partial charge < -0.3 is 11.1 Å². The smallest absolute Gasteiger partial charge is 0.255 e. The highest BCUT2D eigenvalue weighted by molar-refractivity contribution is 5.95. The number of aromatic nitrogens is 2. The Morgan fingerprint density at radius 3 is 2.62 bits per heavy atom. The average molecular weight is 313 g/mol. The van der Waals surface area contributed by atoms with E-state index in [2.05, 4.69) is 10.4 Å². The summed E-state index contributed by atoms with van der Waals surface area (Å²) in [5.74, 6) is -0.526. The fourth-order valence-electron chi connectivity index (χ4n) is 1.84. The van der Waals surface area contributed by atoms with Crippen LogP contribution in [0.3, 0.4) is 0 Å². The minimum absolute atomic E-state index is 0. The normalized spacial score (nSPS) is 11.6. The zero-order chi connectivity index (χ0) is 14.7. The second kappa shape index (κ2) is 7.19. The van der Waals surface area contributed by atoms with Gasteiger partial charge in [-0.1, -0.05) is 0 Å². The van der Waals surface area contributed by atoms with Crippen LogP contribution in [-0.2, 0) is 0 Å². The third kappa shape index (κ3) is 3.80. The molecule has 7 heteroatoms. The molecule has 0 fully saturated rings. The third-order valence-corrected chi connectivity index (χ3v) is 3.06. The van der Waals surface area contributed by atoms with E-state index in [0.717, 1.165) is 0 Å². The van der Waals surface area contributed by atoms with Gasteiger partial charge in [-0.25, -0.2) is 9.07 Å². The van der Waals surface area contributed by atoms with Crippen molar-refractivity contribution >= 4 is 18.3 Å². The highest BCUT2D eigenvalue weighted by atomic mass is 35.5. The zero-order valence-electron chi connectivity index (χ0n) is 11.8. The number of nitrogens with zero attached hydrogens (tertiary/aromatic N) is 2. The second-order valence-electron chi connectivity index (χ2n) is 4.64.